The van der Waals surface area contributed by atoms with Gasteiger partial charge in [0, 0.05) is 27.1 Å². The van der Waals surface area contributed by atoms with Crippen LogP contribution in [0, 0.1) is 5.82 Å². The Morgan fingerprint density at radius 3 is 2.53 bits per heavy atom. The molecule has 1 aromatic carbocycles. The zero-order valence-corrected chi connectivity index (χ0v) is 19.9. The van der Waals surface area contributed by atoms with Gasteiger partial charge in [0.25, 0.3) is 0 Å². The quantitative estimate of drug-likeness (QED) is 0.278. The average Bonchev–Trinajstić information content (AvgIpc) is 3.21. The van der Waals surface area contributed by atoms with E-state index in [4.69, 9.17) is 14.6 Å². The van der Waals surface area contributed by atoms with Gasteiger partial charge in [0.15, 0.2) is 0 Å². The molecule has 2 rings (SSSR count). The molecule has 0 spiro atoms. The standard InChI is InChI=1S/C14H20FNO4.C7H11NO.HI.H2/c1-10(2)12-4-3-11(15)9-13(12)20-8-7-19-6-5-16-14(17)18;1-2-7(9)8-5-3-4-6-8;;/h3-4,9-10,16H,5-8H2,1-2H3,(H,17,18);2H,1,3-6H2;2*1H. The summed E-state index contributed by atoms with van der Waals surface area (Å²) in [5.74, 6) is 0.502. The second kappa shape index (κ2) is 15.9. The Hall–Kier alpha value is -1.88. The van der Waals surface area contributed by atoms with E-state index in [1.807, 2.05) is 18.7 Å². The first-order chi connectivity index (χ1) is 13.8. The van der Waals surface area contributed by atoms with Crippen LogP contribution in [0.15, 0.2) is 30.9 Å². The van der Waals surface area contributed by atoms with Gasteiger partial charge in [0.05, 0.1) is 13.2 Å². The molecule has 1 heterocycles. The van der Waals surface area contributed by atoms with E-state index in [1.165, 1.54) is 18.2 Å². The Morgan fingerprint density at radius 2 is 1.97 bits per heavy atom. The van der Waals surface area contributed by atoms with E-state index < -0.39 is 6.09 Å². The third kappa shape index (κ3) is 11.3. The highest BCUT2D eigenvalue weighted by molar-refractivity contribution is 14.0. The molecule has 1 saturated heterocycles. The predicted molar refractivity (Wildman–Crippen MR) is 126 cm³/mol. The third-order valence-corrected chi connectivity index (χ3v) is 4.20. The maximum Gasteiger partial charge on any atom is 0.404 e. The van der Waals surface area contributed by atoms with Crippen LogP contribution in [0.3, 0.4) is 0 Å². The maximum atomic E-state index is 13.2. The van der Waals surface area contributed by atoms with E-state index in [-0.39, 0.29) is 62.8 Å². The van der Waals surface area contributed by atoms with Crippen molar-refractivity contribution in [3.63, 3.8) is 0 Å². The lowest BCUT2D eigenvalue weighted by atomic mass is 10.0. The van der Waals surface area contributed by atoms with Crippen LogP contribution in [0.5, 0.6) is 5.75 Å². The number of likely N-dealkylation sites (tertiary alicyclic amines) is 1. The van der Waals surface area contributed by atoms with Crippen molar-refractivity contribution in [2.75, 3.05) is 39.5 Å². The van der Waals surface area contributed by atoms with Crippen LogP contribution >= 0.6 is 24.0 Å². The predicted octanol–water partition coefficient (Wildman–Crippen LogP) is 4.27. The Morgan fingerprint density at radius 1 is 1.30 bits per heavy atom. The van der Waals surface area contributed by atoms with Crippen molar-refractivity contribution in [2.45, 2.75) is 32.6 Å². The molecular formula is C21H34FIN2O5. The number of nitrogens with zero attached hydrogens (tertiary/aromatic N) is 1. The van der Waals surface area contributed by atoms with Gasteiger partial charge < -0.3 is 24.8 Å². The van der Waals surface area contributed by atoms with Crippen LogP contribution < -0.4 is 10.1 Å². The van der Waals surface area contributed by atoms with Crippen molar-refractivity contribution in [1.82, 2.24) is 10.2 Å². The molecule has 0 unspecified atom stereocenters. The lowest BCUT2D eigenvalue weighted by Gasteiger charge is -2.14. The van der Waals surface area contributed by atoms with Gasteiger partial charge in [-0.05, 0) is 36.5 Å². The number of benzene rings is 1. The maximum absolute atomic E-state index is 13.2. The van der Waals surface area contributed by atoms with Crippen molar-refractivity contribution in [3.8, 4) is 5.75 Å². The summed E-state index contributed by atoms with van der Waals surface area (Å²) in [5, 5.41) is 10.5. The van der Waals surface area contributed by atoms with E-state index in [2.05, 4.69) is 11.9 Å². The highest BCUT2D eigenvalue weighted by Gasteiger charge is 2.14. The molecule has 1 aliphatic rings. The van der Waals surface area contributed by atoms with E-state index in [1.54, 1.807) is 6.07 Å². The number of rotatable bonds is 9. The second-order valence-electron chi connectivity index (χ2n) is 6.77. The van der Waals surface area contributed by atoms with Crippen LogP contribution in [-0.4, -0.2) is 61.5 Å². The molecule has 1 aliphatic heterocycles. The summed E-state index contributed by atoms with van der Waals surface area (Å²) in [6.07, 6.45) is 2.61. The zero-order valence-electron chi connectivity index (χ0n) is 17.6. The lowest BCUT2D eigenvalue weighted by Crippen LogP contribution is -2.25. The first-order valence-electron chi connectivity index (χ1n) is 9.73. The van der Waals surface area contributed by atoms with Crippen molar-refractivity contribution in [3.05, 3.63) is 42.2 Å². The number of halogens is 2. The molecule has 9 heteroatoms. The van der Waals surface area contributed by atoms with Gasteiger partial charge in [-0.15, -0.1) is 24.0 Å². The van der Waals surface area contributed by atoms with Gasteiger partial charge in [0.1, 0.15) is 18.2 Å². The molecule has 0 aromatic heterocycles. The van der Waals surface area contributed by atoms with E-state index >= 15 is 0 Å². The summed E-state index contributed by atoms with van der Waals surface area (Å²) >= 11 is 0. The van der Waals surface area contributed by atoms with Gasteiger partial charge in [-0.25, -0.2) is 9.18 Å². The number of hydrogen-bond acceptors (Lipinski definition) is 4. The monoisotopic (exact) mass is 540 g/mol. The fourth-order valence-electron chi connectivity index (χ4n) is 2.72. The highest BCUT2D eigenvalue weighted by atomic mass is 127. The molecule has 0 atom stereocenters. The normalized spacial score (nSPS) is 12.5. The van der Waals surface area contributed by atoms with Gasteiger partial charge >= 0.3 is 6.09 Å². The summed E-state index contributed by atoms with van der Waals surface area (Å²) in [4.78, 5) is 22.8. The number of ether oxygens (including phenoxy) is 2. The fraction of sp³-hybridized carbons (Fsp3) is 0.524. The smallest absolute Gasteiger partial charge is 0.404 e. The Labute approximate surface area is 196 Å². The molecule has 0 saturated carbocycles. The number of hydrogen-bond donors (Lipinski definition) is 2. The summed E-state index contributed by atoms with van der Waals surface area (Å²) in [6.45, 7) is 10.4. The summed E-state index contributed by atoms with van der Waals surface area (Å²) in [7, 11) is 0. The van der Waals surface area contributed by atoms with E-state index in [9.17, 15) is 14.0 Å². The first kappa shape index (κ1) is 28.1. The highest BCUT2D eigenvalue weighted by Crippen LogP contribution is 2.27. The summed E-state index contributed by atoms with van der Waals surface area (Å²) in [6, 6.07) is 4.49. The minimum Gasteiger partial charge on any atom is -0.491 e. The molecule has 1 aromatic rings. The molecule has 0 bridgehead atoms. The topological polar surface area (TPSA) is 88.1 Å². The average molecular weight is 540 g/mol. The largest absolute Gasteiger partial charge is 0.491 e. The van der Waals surface area contributed by atoms with Gasteiger partial charge in [-0.3, -0.25) is 4.79 Å². The molecular weight excluding hydrogens is 506 g/mol. The zero-order chi connectivity index (χ0) is 21.6. The number of amides is 2. The molecule has 1 fully saturated rings. The lowest BCUT2D eigenvalue weighted by molar-refractivity contribution is -0.124. The van der Waals surface area contributed by atoms with E-state index in [0.29, 0.717) is 12.4 Å². The third-order valence-electron chi connectivity index (χ3n) is 4.20. The van der Waals surface area contributed by atoms with Crippen LogP contribution in [0.4, 0.5) is 9.18 Å². The SMILES string of the molecule is C=CC(=O)N1CCCC1.CC(C)c1ccc(F)cc1OCCOCCNC(=O)O.I.[HH]. The number of nitrogens with one attached hydrogen (secondary N) is 1. The van der Waals surface area contributed by atoms with Crippen molar-refractivity contribution < 1.29 is 30.0 Å². The number of carbonyl (C=O) groups is 2. The van der Waals surface area contributed by atoms with Crippen LogP contribution in [-0.2, 0) is 9.53 Å². The molecule has 7 nitrogen and oxygen atoms in total. The minimum atomic E-state index is -1.08. The van der Waals surface area contributed by atoms with Gasteiger partial charge in [-0.1, -0.05) is 26.5 Å². The second-order valence-corrected chi connectivity index (χ2v) is 6.77. The molecule has 30 heavy (non-hydrogen) atoms. The fourth-order valence-corrected chi connectivity index (χ4v) is 2.72. The summed E-state index contributed by atoms with van der Waals surface area (Å²) in [5.41, 5.74) is 0.943. The summed E-state index contributed by atoms with van der Waals surface area (Å²) < 4.78 is 23.9. The molecule has 172 valence electrons. The van der Waals surface area contributed by atoms with Crippen molar-refractivity contribution in [1.29, 1.82) is 0 Å². The van der Waals surface area contributed by atoms with Gasteiger partial charge in [-0.2, -0.15) is 0 Å². The first-order valence-corrected chi connectivity index (χ1v) is 9.73. The number of carboxylic acid groups (broad SMARTS) is 1. The molecule has 0 aliphatic carbocycles. The minimum absolute atomic E-state index is 0. The molecule has 2 N–H and O–H groups in total. The van der Waals surface area contributed by atoms with Crippen LogP contribution in [0.1, 0.15) is 39.6 Å². The molecule has 0 radical (unpaired) electrons. The van der Waals surface area contributed by atoms with Crippen molar-refractivity contribution in [2.24, 2.45) is 0 Å². The Kier molecular flexibility index (Phi) is 14.9. The molecule has 2 amide bonds. The van der Waals surface area contributed by atoms with Crippen LogP contribution in [0.2, 0.25) is 0 Å². The Balaban J connectivity index is 0. The van der Waals surface area contributed by atoms with Crippen LogP contribution in [0.25, 0.3) is 0 Å². The van der Waals surface area contributed by atoms with Gasteiger partial charge in [0.2, 0.25) is 5.91 Å². The van der Waals surface area contributed by atoms with E-state index in [0.717, 1.165) is 31.5 Å². The number of carbonyl (C=O) groups excluding carboxylic acids is 1. The van der Waals surface area contributed by atoms with Crippen molar-refractivity contribution >= 4 is 36.0 Å². The Bertz CT molecular complexity index is 673.